The molecule has 1 aliphatic carbocycles. The first-order chi connectivity index (χ1) is 16.7. The van der Waals surface area contributed by atoms with Gasteiger partial charge in [-0.3, -0.25) is 0 Å². The van der Waals surface area contributed by atoms with Crippen LogP contribution in [0.2, 0.25) is 0 Å². The van der Waals surface area contributed by atoms with E-state index >= 15 is 0 Å². The molecule has 1 fully saturated rings. The molecule has 0 N–H and O–H groups in total. The van der Waals surface area contributed by atoms with Crippen molar-refractivity contribution >= 4 is 27.0 Å². The van der Waals surface area contributed by atoms with Crippen molar-refractivity contribution in [1.29, 1.82) is 0 Å². The first-order valence-corrected chi connectivity index (χ1v) is 13.2. The van der Waals surface area contributed by atoms with Crippen LogP contribution in [0.25, 0.3) is 11.0 Å². The van der Waals surface area contributed by atoms with Crippen molar-refractivity contribution in [2.75, 3.05) is 13.1 Å². The molecular formula is C26H27NO7S. The van der Waals surface area contributed by atoms with E-state index in [1.807, 2.05) is 26.0 Å². The second-order valence-electron chi connectivity index (χ2n) is 9.24. The molecule has 1 saturated heterocycles. The zero-order valence-electron chi connectivity index (χ0n) is 19.7. The van der Waals surface area contributed by atoms with E-state index in [0.29, 0.717) is 11.1 Å². The van der Waals surface area contributed by atoms with Gasteiger partial charge < -0.3 is 13.9 Å². The minimum Gasteiger partial charge on any atom is -0.457 e. The van der Waals surface area contributed by atoms with Crippen LogP contribution >= 0.6 is 0 Å². The van der Waals surface area contributed by atoms with Crippen LogP contribution in [-0.2, 0) is 38.9 Å². The molecule has 184 valence electrons. The SMILES string of the molecule is CC1CN(S(=O)(=O)c2cccc(C(=O)OCc3cc(=O)oc4cc5c(cc34)CCC5)c2)CC(C)O1. The molecule has 0 amide bonds. The fourth-order valence-electron chi connectivity index (χ4n) is 4.90. The smallest absolute Gasteiger partial charge is 0.338 e. The lowest BCUT2D eigenvalue weighted by Crippen LogP contribution is -2.48. The van der Waals surface area contributed by atoms with Crippen LogP contribution in [0.15, 0.2) is 56.6 Å². The summed E-state index contributed by atoms with van der Waals surface area (Å²) in [5.41, 5.74) is 3.03. The van der Waals surface area contributed by atoms with E-state index < -0.39 is 21.6 Å². The highest BCUT2D eigenvalue weighted by molar-refractivity contribution is 7.89. The van der Waals surface area contributed by atoms with E-state index in [4.69, 9.17) is 13.9 Å². The molecule has 5 rings (SSSR count). The Morgan fingerprint density at radius 3 is 2.51 bits per heavy atom. The fourth-order valence-corrected chi connectivity index (χ4v) is 6.54. The van der Waals surface area contributed by atoms with Gasteiger partial charge in [-0.15, -0.1) is 0 Å². The van der Waals surface area contributed by atoms with Gasteiger partial charge in [0.1, 0.15) is 12.2 Å². The highest BCUT2D eigenvalue weighted by Gasteiger charge is 2.32. The molecule has 3 aromatic rings. The van der Waals surface area contributed by atoms with Gasteiger partial charge in [-0.1, -0.05) is 6.07 Å². The molecule has 0 radical (unpaired) electrons. The molecule has 0 saturated carbocycles. The third kappa shape index (κ3) is 4.76. The number of fused-ring (bicyclic) bond motifs is 2. The minimum atomic E-state index is -3.80. The number of morpholine rings is 1. The number of esters is 1. The third-order valence-electron chi connectivity index (χ3n) is 6.50. The Morgan fingerprint density at radius 2 is 1.77 bits per heavy atom. The molecule has 2 atom stereocenters. The van der Waals surface area contributed by atoms with Crippen LogP contribution < -0.4 is 5.63 Å². The number of hydrogen-bond acceptors (Lipinski definition) is 7. The van der Waals surface area contributed by atoms with Crippen LogP contribution in [0, 0.1) is 0 Å². The van der Waals surface area contributed by atoms with E-state index in [-0.39, 0.29) is 42.4 Å². The van der Waals surface area contributed by atoms with E-state index in [1.54, 1.807) is 0 Å². The van der Waals surface area contributed by atoms with Crippen molar-refractivity contribution < 1.29 is 27.1 Å². The van der Waals surface area contributed by atoms with E-state index in [0.717, 1.165) is 24.6 Å². The number of sulfonamides is 1. The summed E-state index contributed by atoms with van der Waals surface area (Å²) in [7, 11) is -3.80. The number of benzene rings is 2. The van der Waals surface area contributed by atoms with Gasteiger partial charge in [0.2, 0.25) is 10.0 Å². The number of aryl methyl sites for hydroxylation is 2. The molecule has 2 unspecified atom stereocenters. The lowest BCUT2D eigenvalue weighted by molar-refractivity contribution is -0.0440. The van der Waals surface area contributed by atoms with Gasteiger partial charge in [0.25, 0.3) is 0 Å². The molecule has 9 heteroatoms. The van der Waals surface area contributed by atoms with Gasteiger partial charge in [-0.05, 0) is 74.6 Å². The van der Waals surface area contributed by atoms with Gasteiger partial charge in [0.15, 0.2) is 0 Å². The first-order valence-electron chi connectivity index (χ1n) is 11.7. The maximum atomic E-state index is 13.2. The summed E-state index contributed by atoms with van der Waals surface area (Å²) in [5.74, 6) is -0.673. The van der Waals surface area contributed by atoms with E-state index in [2.05, 4.69) is 0 Å². The Bertz CT molecular complexity index is 1450. The molecule has 1 aliphatic heterocycles. The van der Waals surface area contributed by atoms with Crippen LogP contribution in [-0.4, -0.2) is 44.0 Å². The van der Waals surface area contributed by atoms with Crippen LogP contribution in [0.4, 0.5) is 0 Å². The first kappa shape index (κ1) is 23.7. The predicted octanol–water partition coefficient (Wildman–Crippen LogP) is 3.44. The summed E-state index contributed by atoms with van der Waals surface area (Å²) in [6.07, 6.45) is 2.53. The Labute approximate surface area is 203 Å². The monoisotopic (exact) mass is 497 g/mol. The van der Waals surface area contributed by atoms with Crippen LogP contribution in [0.1, 0.15) is 47.3 Å². The largest absolute Gasteiger partial charge is 0.457 e. The quantitative estimate of drug-likeness (QED) is 0.393. The highest BCUT2D eigenvalue weighted by atomic mass is 32.2. The summed E-state index contributed by atoms with van der Waals surface area (Å²) in [5, 5.41) is 0.741. The second-order valence-corrected chi connectivity index (χ2v) is 11.2. The number of carbonyl (C=O) groups excluding carboxylic acids is 1. The molecule has 2 aliphatic rings. The molecule has 2 heterocycles. The van der Waals surface area contributed by atoms with Crippen LogP contribution in [0.5, 0.6) is 0 Å². The average molecular weight is 498 g/mol. The van der Waals surface area contributed by atoms with Gasteiger partial charge in [0, 0.05) is 30.1 Å². The fraction of sp³-hybridized carbons (Fsp3) is 0.385. The predicted molar refractivity (Wildman–Crippen MR) is 129 cm³/mol. The second kappa shape index (κ2) is 9.22. The van der Waals surface area contributed by atoms with Crippen molar-refractivity contribution in [1.82, 2.24) is 4.31 Å². The normalized spacial score (nSPS) is 20.6. The van der Waals surface area contributed by atoms with E-state index in [1.165, 1.54) is 45.8 Å². The van der Waals surface area contributed by atoms with Crippen molar-refractivity contribution in [2.45, 2.75) is 56.8 Å². The van der Waals surface area contributed by atoms with Crippen molar-refractivity contribution in [3.05, 3.63) is 75.1 Å². The number of nitrogens with zero attached hydrogens (tertiary/aromatic N) is 1. The lowest BCUT2D eigenvalue weighted by atomic mass is 10.0. The number of hydrogen-bond donors (Lipinski definition) is 0. The van der Waals surface area contributed by atoms with Crippen molar-refractivity contribution in [3.8, 4) is 0 Å². The molecular weight excluding hydrogens is 470 g/mol. The highest BCUT2D eigenvalue weighted by Crippen LogP contribution is 2.29. The third-order valence-corrected chi connectivity index (χ3v) is 8.32. The standard InChI is InChI=1S/C26H27NO7S/c1-16-13-27(14-17(2)33-16)35(30,31)22-8-4-7-20(9-22)26(29)32-15-21-12-25(28)34-24-11-19-6-3-5-18(19)10-23(21)24/h4,7-12,16-17H,3,5-6,13-15H2,1-2H3. The van der Waals surface area contributed by atoms with Gasteiger partial charge in [-0.2, -0.15) is 4.31 Å². The summed E-state index contributed by atoms with van der Waals surface area (Å²) in [6, 6.07) is 11.1. The Balaban J connectivity index is 1.37. The average Bonchev–Trinajstić information content (AvgIpc) is 3.28. The van der Waals surface area contributed by atoms with Crippen molar-refractivity contribution in [3.63, 3.8) is 0 Å². The number of rotatable bonds is 5. The maximum Gasteiger partial charge on any atom is 0.338 e. The molecule has 1 aromatic heterocycles. The molecule has 0 spiro atoms. The van der Waals surface area contributed by atoms with Gasteiger partial charge in [-0.25, -0.2) is 18.0 Å². The zero-order valence-corrected chi connectivity index (χ0v) is 20.5. The minimum absolute atomic E-state index is 0.0228. The number of carbonyl (C=O) groups is 1. The van der Waals surface area contributed by atoms with Gasteiger partial charge in [0.05, 0.1) is 22.7 Å². The Morgan fingerprint density at radius 1 is 1.06 bits per heavy atom. The molecule has 8 nitrogen and oxygen atoms in total. The zero-order chi connectivity index (χ0) is 24.7. The summed E-state index contributed by atoms with van der Waals surface area (Å²) in [4.78, 5) is 24.9. The summed E-state index contributed by atoms with van der Waals surface area (Å²) >= 11 is 0. The summed E-state index contributed by atoms with van der Waals surface area (Å²) in [6.45, 7) is 4.01. The topological polar surface area (TPSA) is 103 Å². The van der Waals surface area contributed by atoms with Crippen molar-refractivity contribution in [2.24, 2.45) is 0 Å². The summed E-state index contributed by atoms with van der Waals surface area (Å²) < 4.78 is 44.2. The maximum absolute atomic E-state index is 13.2. The molecule has 35 heavy (non-hydrogen) atoms. The molecule has 2 aromatic carbocycles. The van der Waals surface area contributed by atoms with E-state index in [9.17, 15) is 18.0 Å². The Hall–Kier alpha value is -3.01. The molecule has 0 bridgehead atoms. The van der Waals surface area contributed by atoms with Gasteiger partial charge >= 0.3 is 11.6 Å². The lowest BCUT2D eigenvalue weighted by Gasteiger charge is -2.34. The Kier molecular flexibility index (Phi) is 6.25. The van der Waals surface area contributed by atoms with Crippen LogP contribution in [0.3, 0.4) is 0 Å². The number of ether oxygens (including phenoxy) is 2.